The third-order valence-corrected chi connectivity index (χ3v) is 5.76. The number of rotatable bonds is 6. The van der Waals surface area contributed by atoms with Crippen LogP contribution in [0.15, 0.2) is 77.4 Å². The van der Waals surface area contributed by atoms with Crippen molar-refractivity contribution in [3.63, 3.8) is 0 Å². The normalized spacial score (nSPS) is 13.1. The van der Waals surface area contributed by atoms with Crippen LogP contribution in [0.3, 0.4) is 0 Å². The molecule has 1 aliphatic heterocycles. The number of hydrogen-bond acceptors (Lipinski definition) is 5. The molecule has 0 spiro atoms. The number of nitrogens with one attached hydrogen (secondary N) is 3. The molecule has 1 saturated heterocycles. The Balaban J connectivity index is 1.27. The van der Waals surface area contributed by atoms with Crippen molar-refractivity contribution < 1.29 is 14.0 Å². The Labute approximate surface area is 197 Å². The fourth-order valence-electron chi connectivity index (χ4n) is 4.03. The van der Waals surface area contributed by atoms with Crippen molar-refractivity contribution in [2.75, 3.05) is 28.6 Å². The van der Waals surface area contributed by atoms with Crippen molar-refractivity contribution in [1.29, 1.82) is 0 Å². The van der Waals surface area contributed by atoms with Crippen molar-refractivity contribution in [3.8, 4) is 0 Å². The smallest absolute Gasteiger partial charge is 0.319 e. The molecule has 0 atom stereocenters. The van der Waals surface area contributed by atoms with Gasteiger partial charge in [0.25, 0.3) is 5.91 Å². The van der Waals surface area contributed by atoms with Crippen molar-refractivity contribution >= 4 is 40.0 Å². The maximum Gasteiger partial charge on any atom is 0.319 e. The summed E-state index contributed by atoms with van der Waals surface area (Å²) in [7, 11) is 0. The molecule has 3 amide bonds. The predicted octanol–water partition coefficient (Wildman–Crippen LogP) is 5.00. The third kappa shape index (κ3) is 4.85. The van der Waals surface area contributed by atoms with E-state index in [9.17, 15) is 9.59 Å². The van der Waals surface area contributed by atoms with Gasteiger partial charge in [0.2, 0.25) is 0 Å². The van der Waals surface area contributed by atoms with Gasteiger partial charge >= 0.3 is 6.03 Å². The number of nitrogens with zero attached hydrogens (tertiary/aromatic N) is 2. The molecule has 1 aliphatic rings. The van der Waals surface area contributed by atoms with Crippen LogP contribution in [0.25, 0.3) is 10.9 Å². The summed E-state index contributed by atoms with van der Waals surface area (Å²) in [6.07, 6.45) is 3.75. The molecule has 172 valence electrons. The van der Waals surface area contributed by atoms with E-state index in [4.69, 9.17) is 9.40 Å². The fourth-order valence-corrected chi connectivity index (χ4v) is 4.03. The number of furan rings is 1. The minimum absolute atomic E-state index is 0.211. The van der Waals surface area contributed by atoms with Gasteiger partial charge in [-0.1, -0.05) is 18.2 Å². The molecular formula is C26H25N5O3. The number of para-hydroxylation sites is 1. The first-order valence-electron chi connectivity index (χ1n) is 11.3. The highest BCUT2D eigenvalue weighted by Crippen LogP contribution is 2.27. The summed E-state index contributed by atoms with van der Waals surface area (Å²) in [5, 5.41) is 9.38. The molecule has 0 aliphatic carbocycles. The monoisotopic (exact) mass is 455 g/mol. The van der Waals surface area contributed by atoms with Gasteiger partial charge in [0.15, 0.2) is 0 Å². The quantitative estimate of drug-likeness (QED) is 0.380. The van der Waals surface area contributed by atoms with Crippen LogP contribution in [0, 0.1) is 0 Å². The van der Waals surface area contributed by atoms with Crippen LogP contribution >= 0.6 is 0 Å². The summed E-state index contributed by atoms with van der Waals surface area (Å²) < 4.78 is 5.20. The molecule has 2 aromatic heterocycles. The molecule has 0 saturated carbocycles. The van der Waals surface area contributed by atoms with Gasteiger partial charge in [-0.3, -0.25) is 4.79 Å². The molecule has 3 heterocycles. The van der Waals surface area contributed by atoms with E-state index >= 15 is 0 Å². The summed E-state index contributed by atoms with van der Waals surface area (Å²) in [6, 6.07) is 19.9. The minimum Gasteiger partial charge on any atom is -0.467 e. The number of carbonyl (C=O) groups excluding carboxylic acids is 2. The summed E-state index contributed by atoms with van der Waals surface area (Å²) in [6.45, 7) is 2.09. The van der Waals surface area contributed by atoms with Crippen LogP contribution in [-0.4, -0.2) is 30.0 Å². The van der Waals surface area contributed by atoms with Crippen molar-refractivity contribution in [1.82, 2.24) is 10.3 Å². The molecule has 3 N–H and O–H groups in total. The highest BCUT2D eigenvalue weighted by Gasteiger charge is 2.22. The van der Waals surface area contributed by atoms with Gasteiger partial charge in [0.05, 0.1) is 23.9 Å². The van der Waals surface area contributed by atoms with Gasteiger partial charge in [-0.2, -0.15) is 0 Å². The Kier molecular flexibility index (Phi) is 6.11. The summed E-state index contributed by atoms with van der Waals surface area (Å²) in [4.78, 5) is 32.3. The number of pyridine rings is 1. The standard InChI is InChI=1S/C26H25N5O3/c32-25(22-16-18-6-1-2-8-23(18)30-24(22)31-13-3-4-14-31)28-19-9-11-20(12-10-19)29-26(33)27-17-21-7-5-15-34-21/h1-2,5-12,15-16H,3-4,13-14,17H2,(H,28,32)(H2,27,29,33). The molecule has 0 bridgehead atoms. The second kappa shape index (κ2) is 9.66. The number of fused-ring (bicyclic) bond motifs is 1. The molecule has 34 heavy (non-hydrogen) atoms. The lowest BCUT2D eigenvalue weighted by Crippen LogP contribution is -2.28. The zero-order valence-corrected chi connectivity index (χ0v) is 18.6. The first-order valence-corrected chi connectivity index (χ1v) is 11.3. The number of urea groups is 1. The number of benzene rings is 2. The molecular weight excluding hydrogens is 430 g/mol. The van der Waals surface area contributed by atoms with Gasteiger partial charge in [0, 0.05) is 29.9 Å². The topological polar surface area (TPSA) is 99.5 Å². The molecule has 8 heteroatoms. The number of amides is 3. The van der Waals surface area contributed by atoms with E-state index in [0.717, 1.165) is 42.7 Å². The third-order valence-electron chi connectivity index (χ3n) is 5.76. The average molecular weight is 456 g/mol. The molecule has 1 fully saturated rings. The van der Waals surface area contributed by atoms with Crippen LogP contribution in [0.1, 0.15) is 29.0 Å². The van der Waals surface area contributed by atoms with E-state index in [1.54, 1.807) is 42.7 Å². The van der Waals surface area contributed by atoms with E-state index < -0.39 is 0 Å². The first-order chi connectivity index (χ1) is 16.7. The summed E-state index contributed by atoms with van der Waals surface area (Å²) in [5.74, 6) is 1.18. The summed E-state index contributed by atoms with van der Waals surface area (Å²) in [5.41, 5.74) is 2.67. The highest BCUT2D eigenvalue weighted by molar-refractivity contribution is 6.09. The number of aromatic nitrogens is 1. The van der Waals surface area contributed by atoms with Crippen molar-refractivity contribution in [3.05, 3.63) is 84.3 Å². The van der Waals surface area contributed by atoms with Crippen LogP contribution in [0.5, 0.6) is 0 Å². The lowest BCUT2D eigenvalue weighted by atomic mass is 10.1. The second-order valence-electron chi connectivity index (χ2n) is 8.16. The van der Waals surface area contributed by atoms with E-state index in [2.05, 4.69) is 20.9 Å². The number of carbonyl (C=O) groups is 2. The lowest BCUT2D eigenvalue weighted by molar-refractivity contribution is 0.102. The van der Waals surface area contributed by atoms with E-state index in [-0.39, 0.29) is 11.9 Å². The maximum atomic E-state index is 13.2. The van der Waals surface area contributed by atoms with Crippen LogP contribution in [0.2, 0.25) is 0 Å². The molecule has 2 aromatic carbocycles. The van der Waals surface area contributed by atoms with Crippen molar-refractivity contribution in [2.24, 2.45) is 0 Å². The van der Waals surface area contributed by atoms with Gasteiger partial charge < -0.3 is 25.3 Å². The Bertz CT molecular complexity index is 1300. The predicted molar refractivity (Wildman–Crippen MR) is 132 cm³/mol. The number of hydrogen-bond donors (Lipinski definition) is 3. The second-order valence-corrected chi connectivity index (χ2v) is 8.16. The van der Waals surface area contributed by atoms with Crippen molar-refractivity contribution in [2.45, 2.75) is 19.4 Å². The fraction of sp³-hybridized carbons (Fsp3) is 0.192. The Morgan fingerprint density at radius 1 is 0.912 bits per heavy atom. The SMILES string of the molecule is O=C(NCc1ccco1)Nc1ccc(NC(=O)c2cc3ccccc3nc2N2CCCC2)cc1. The largest absolute Gasteiger partial charge is 0.467 e. The lowest BCUT2D eigenvalue weighted by Gasteiger charge is -2.20. The van der Waals surface area contributed by atoms with E-state index in [1.807, 2.05) is 30.3 Å². The first kappa shape index (κ1) is 21.5. The van der Waals surface area contributed by atoms with Gasteiger partial charge in [0.1, 0.15) is 11.6 Å². The zero-order valence-electron chi connectivity index (χ0n) is 18.6. The van der Waals surface area contributed by atoms with Gasteiger partial charge in [-0.05, 0) is 61.4 Å². The molecule has 0 radical (unpaired) electrons. The summed E-state index contributed by atoms with van der Waals surface area (Å²) >= 11 is 0. The molecule has 5 rings (SSSR count). The minimum atomic E-state index is -0.342. The van der Waals surface area contributed by atoms with Crippen LogP contribution < -0.4 is 20.9 Å². The highest BCUT2D eigenvalue weighted by atomic mass is 16.3. The number of anilines is 3. The molecule has 8 nitrogen and oxygen atoms in total. The molecule has 0 unspecified atom stereocenters. The maximum absolute atomic E-state index is 13.2. The Morgan fingerprint density at radius 3 is 2.38 bits per heavy atom. The van der Waals surface area contributed by atoms with Crippen LogP contribution in [-0.2, 0) is 6.54 Å². The Morgan fingerprint density at radius 2 is 1.65 bits per heavy atom. The van der Waals surface area contributed by atoms with E-state index in [1.165, 1.54) is 0 Å². The van der Waals surface area contributed by atoms with Crippen LogP contribution in [0.4, 0.5) is 22.0 Å². The zero-order chi connectivity index (χ0) is 23.3. The Hall–Kier alpha value is -4.33. The van der Waals surface area contributed by atoms with Gasteiger partial charge in [-0.15, -0.1) is 0 Å². The average Bonchev–Trinajstić information content (AvgIpc) is 3.58. The molecule has 4 aromatic rings. The van der Waals surface area contributed by atoms with E-state index in [0.29, 0.717) is 29.2 Å². The van der Waals surface area contributed by atoms with Gasteiger partial charge in [-0.25, -0.2) is 9.78 Å².